The molecule has 0 saturated carbocycles. The first-order chi connectivity index (χ1) is 12.8. The number of likely N-dealkylation sites (N-methyl/N-ethyl adjacent to an activating group) is 1. The molecule has 2 aromatic rings. The molecule has 0 aromatic heterocycles. The van der Waals surface area contributed by atoms with Gasteiger partial charge in [-0.25, -0.2) is 0 Å². The van der Waals surface area contributed by atoms with Crippen LogP contribution in [0.4, 0.5) is 14.5 Å². The van der Waals surface area contributed by atoms with Crippen molar-refractivity contribution in [2.75, 3.05) is 12.4 Å². The van der Waals surface area contributed by atoms with Crippen molar-refractivity contribution in [3.63, 3.8) is 0 Å². The molecule has 0 fully saturated rings. The zero-order valence-electron chi connectivity index (χ0n) is 15.0. The first-order valence-electron chi connectivity index (χ1n) is 8.21. The highest BCUT2D eigenvalue weighted by atomic mass is 19.3. The van der Waals surface area contributed by atoms with Crippen molar-refractivity contribution in [1.29, 1.82) is 0 Å². The van der Waals surface area contributed by atoms with Gasteiger partial charge in [0.2, 0.25) is 11.8 Å². The maximum atomic E-state index is 12.4. The first kappa shape index (κ1) is 20.3. The minimum Gasteiger partial charge on any atom is -0.435 e. The van der Waals surface area contributed by atoms with Crippen LogP contribution in [0.3, 0.4) is 0 Å². The lowest BCUT2D eigenvalue weighted by Crippen LogP contribution is -2.39. The van der Waals surface area contributed by atoms with Crippen molar-refractivity contribution in [1.82, 2.24) is 4.90 Å². The lowest BCUT2D eigenvalue weighted by Gasteiger charge is -2.24. The quantitative estimate of drug-likeness (QED) is 0.741. The Labute approximate surface area is 155 Å². The van der Waals surface area contributed by atoms with Crippen LogP contribution in [-0.4, -0.2) is 36.4 Å². The van der Waals surface area contributed by atoms with E-state index in [1.54, 1.807) is 38.2 Å². The molecule has 2 aromatic carbocycles. The number of nitrogens with zero attached hydrogens (tertiary/aromatic N) is 1. The van der Waals surface area contributed by atoms with E-state index in [9.17, 15) is 18.4 Å². The molecular weight excluding hydrogens is 356 g/mol. The van der Waals surface area contributed by atoms with Crippen LogP contribution in [0.15, 0.2) is 48.5 Å². The molecule has 8 heteroatoms. The SMILES string of the molecule is CC(C(=O)Nc1ccc(C(N)=O)cc1)N(C)Cc1ccc(OC(F)F)cc1. The number of carbonyl (C=O) groups excluding carboxylic acids is 2. The lowest BCUT2D eigenvalue weighted by atomic mass is 10.1. The van der Waals surface area contributed by atoms with Gasteiger partial charge in [0.05, 0.1) is 6.04 Å². The number of nitrogens with two attached hydrogens (primary N) is 1. The first-order valence-corrected chi connectivity index (χ1v) is 8.21. The van der Waals surface area contributed by atoms with Crippen LogP contribution in [0.5, 0.6) is 5.75 Å². The molecule has 0 aliphatic rings. The molecule has 0 saturated heterocycles. The summed E-state index contributed by atoms with van der Waals surface area (Å²) in [6.45, 7) is -0.662. The van der Waals surface area contributed by atoms with Crippen molar-refractivity contribution in [2.24, 2.45) is 5.73 Å². The third kappa shape index (κ3) is 6.03. The van der Waals surface area contributed by atoms with E-state index in [0.717, 1.165) is 5.56 Å². The smallest absolute Gasteiger partial charge is 0.387 e. The van der Waals surface area contributed by atoms with Crippen LogP contribution < -0.4 is 15.8 Å². The summed E-state index contributed by atoms with van der Waals surface area (Å²) in [6, 6.07) is 12.1. The van der Waals surface area contributed by atoms with Gasteiger partial charge in [-0.15, -0.1) is 0 Å². The van der Waals surface area contributed by atoms with Gasteiger partial charge < -0.3 is 15.8 Å². The van der Waals surface area contributed by atoms with Gasteiger partial charge in [0.25, 0.3) is 0 Å². The Kier molecular flexibility index (Phi) is 6.84. The molecule has 0 heterocycles. The molecule has 2 amide bonds. The number of hydrogen-bond donors (Lipinski definition) is 2. The van der Waals surface area contributed by atoms with Crippen LogP contribution in [0, 0.1) is 0 Å². The number of alkyl halides is 2. The van der Waals surface area contributed by atoms with E-state index in [2.05, 4.69) is 10.1 Å². The van der Waals surface area contributed by atoms with Crippen LogP contribution in [0.1, 0.15) is 22.8 Å². The Morgan fingerprint density at radius 3 is 2.22 bits per heavy atom. The lowest BCUT2D eigenvalue weighted by molar-refractivity contribution is -0.120. The summed E-state index contributed by atoms with van der Waals surface area (Å²) in [5, 5.41) is 2.77. The van der Waals surface area contributed by atoms with E-state index >= 15 is 0 Å². The highest BCUT2D eigenvalue weighted by Gasteiger charge is 2.18. The summed E-state index contributed by atoms with van der Waals surface area (Å²) in [5.74, 6) is -0.672. The van der Waals surface area contributed by atoms with Gasteiger partial charge in [-0.2, -0.15) is 8.78 Å². The molecule has 27 heavy (non-hydrogen) atoms. The molecule has 3 N–H and O–H groups in total. The number of amides is 2. The Bertz CT molecular complexity index is 780. The summed E-state index contributed by atoms with van der Waals surface area (Å²) >= 11 is 0. The summed E-state index contributed by atoms with van der Waals surface area (Å²) < 4.78 is 28.6. The number of primary amides is 1. The second-order valence-electron chi connectivity index (χ2n) is 6.04. The second-order valence-corrected chi connectivity index (χ2v) is 6.04. The van der Waals surface area contributed by atoms with Gasteiger partial charge in [-0.3, -0.25) is 14.5 Å². The predicted octanol–water partition coefficient (Wildman–Crippen LogP) is 2.85. The topological polar surface area (TPSA) is 84.7 Å². The monoisotopic (exact) mass is 377 g/mol. The summed E-state index contributed by atoms with van der Waals surface area (Å²) in [4.78, 5) is 25.3. The Balaban J connectivity index is 1.92. The van der Waals surface area contributed by atoms with Gasteiger partial charge in [-0.05, 0) is 55.9 Å². The van der Waals surface area contributed by atoms with Gasteiger partial charge in [-0.1, -0.05) is 12.1 Å². The molecule has 2 rings (SSSR count). The van der Waals surface area contributed by atoms with E-state index < -0.39 is 18.6 Å². The zero-order valence-corrected chi connectivity index (χ0v) is 15.0. The van der Waals surface area contributed by atoms with Crippen molar-refractivity contribution >= 4 is 17.5 Å². The molecule has 0 aliphatic carbocycles. The van der Waals surface area contributed by atoms with Gasteiger partial charge in [0.15, 0.2) is 0 Å². The molecule has 6 nitrogen and oxygen atoms in total. The second kappa shape index (κ2) is 9.09. The number of carbonyl (C=O) groups is 2. The molecular formula is C19H21F2N3O3. The Hall–Kier alpha value is -3.00. The highest BCUT2D eigenvalue weighted by Crippen LogP contribution is 2.17. The van der Waals surface area contributed by atoms with Crippen molar-refractivity contribution in [3.05, 3.63) is 59.7 Å². The van der Waals surface area contributed by atoms with Crippen LogP contribution in [0.25, 0.3) is 0 Å². The fourth-order valence-corrected chi connectivity index (χ4v) is 2.37. The summed E-state index contributed by atoms with van der Waals surface area (Å²) in [7, 11) is 1.78. The number of halogens is 2. The average molecular weight is 377 g/mol. The number of anilines is 1. The van der Waals surface area contributed by atoms with Crippen LogP contribution >= 0.6 is 0 Å². The van der Waals surface area contributed by atoms with E-state index in [1.807, 2.05) is 4.90 Å². The van der Waals surface area contributed by atoms with Crippen molar-refractivity contribution < 1.29 is 23.1 Å². The van der Waals surface area contributed by atoms with E-state index in [1.165, 1.54) is 24.3 Å². The summed E-state index contributed by atoms with van der Waals surface area (Å²) in [6.07, 6.45) is 0. The van der Waals surface area contributed by atoms with Crippen LogP contribution in [-0.2, 0) is 11.3 Å². The van der Waals surface area contributed by atoms with Gasteiger partial charge in [0.1, 0.15) is 5.75 Å². The third-order valence-electron chi connectivity index (χ3n) is 4.06. The average Bonchev–Trinajstić information content (AvgIpc) is 2.62. The van der Waals surface area contributed by atoms with Crippen molar-refractivity contribution in [2.45, 2.75) is 26.1 Å². The van der Waals surface area contributed by atoms with Crippen LogP contribution in [0.2, 0.25) is 0 Å². The Morgan fingerprint density at radius 2 is 1.70 bits per heavy atom. The highest BCUT2D eigenvalue weighted by molar-refractivity contribution is 5.96. The molecule has 1 unspecified atom stereocenters. The maximum absolute atomic E-state index is 12.4. The van der Waals surface area contributed by atoms with Gasteiger partial charge >= 0.3 is 6.61 Å². The molecule has 0 radical (unpaired) electrons. The standard InChI is InChI=1S/C19H21F2N3O3/c1-12(18(26)23-15-7-5-14(6-8-15)17(22)25)24(2)11-13-3-9-16(10-4-13)27-19(20)21/h3-10,12,19H,11H2,1-2H3,(H2,22,25)(H,23,26). The Morgan fingerprint density at radius 1 is 1.11 bits per heavy atom. The zero-order chi connectivity index (χ0) is 20.0. The van der Waals surface area contributed by atoms with Gasteiger partial charge in [0, 0.05) is 17.8 Å². The molecule has 0 aliphatic heterocycles. The molecule has 144 valence electrons. The predicted molar refractivity (Wildman–Crippen MR) is 97.6 cm³/mol. The number of rotatable bonds is 8. The van der Waals surface area contributed by atoms with E-state index in [4.69, 9.17) is 5.73 Å². The fraction of sp³-hybridized carbons (Fsp3) is 0.263. The third-order valence-corrected chi connectivity index (χ3v) is 4.06. The number of benzene rings is 2. The molecule has 0 spiro atoms. The van der Waals surface area contributed by atoms with Crippen molar-refractivity contribution in [3.8, 4) is 5.75 Å². The normalized spacial score (nSPS) is 12.1. The number of ether oxygens (including phenoxy) is 1. The fourth-order valence-electron chi connectivity index (χ4n) is 2.37. The minimum atomic E-state index is -2.86. The molecule has 1 atom stereocenters. The summed E-state index contributed by atoms with van der Waals surface area (Å²) in [5.41, 5.74) is 6.95. The molecule has 0 bridgehead atoms. The number of hydrogen-bond acceptors (Lipinski definition) is 4. The minimum absolute atomic E-state index is 0.0848. The maximum Gasteiger partial charge on any atom is 0.387 e. The number of nitrogens with one attached hydrogen (secondary N) is 1. The largest absolute Gasteiger partial charge is 0.435 e. The van der Waals surface area contributed by atoms with E-state index in [0.29, 0.717) is 17.8 Å². The van der Waals surface area contributed by atoms with E-state index in [-0.39, 0.29) is 11.7 Å².